The van der Waals surface area contributed by atoms with Gasteiger partial charge in [-0.2, -0.15) is 0 Å². The van der Waals surface area contributed by atoms with Gasteiger partial charge in [-0.3, -0.25) is 9.59 Å². The SMILES string of the molecule is CCCCC/C=C\C/C=C\CCCCCCCC(=O)OCC(COCCCCCCCCCCCCCCCCCCCCCC)OC(=O)CCCCCCCCCCCCCCC. The fourth-order valence-corrected chi connectivity index (χ4v) is 8.66. The molecule has 0 aromatic heterocycles. The van der Waals surface area contributed by atoms with E-state index in [2.05, 4.69) is 45.1 Å². The van der Waals surface area contributed by atoms with E-state index in [1.54, 1.807) is 0 Å². The minimum Gasteiger partial charge on any atom is -0.462 e. The predicted molar refractivity (Wildman–Crippen MR) is 279 cm³/mol. The fourth-order valence-electron chi connectivity index (χ4n) is 8.66. The summed E-state index contributed by atoms with van der Waals surface area (Å²) in [6, 6.07) is 0. The van der Waals surface area contributed by atoms with Crippen molar-refractivity contribution >= 4 is 11.9 Å². The van der Waals surface area contributed by atoms with E-state index < -0.39 is 6.10 Å². The molecule has 1 unspecified atom stereocenters. The second-order valence-corrected chi connectivity index (χ2v) is 19.6. The molecular weight excluding hydrogens is 789 g/mol. The summed E-state index contributed by atoms with van der Waals surface area (Å²) in [7, 11) is 0. The van der Waals surface area contributed by atoms with Crippen molar-refractivity contribution in [2.45, 2.75) is 322 Å². The van der Waals surface area contributed by atoms with Crippen molar-refractivity contribution in [2.75, 3.05) is 19.8 Å². The van der Waals surface area contributed by atoms with Crippen LogP contribution in [0.3, 0.4) is 0 Å². The lowest BCUT2D eigenvalue weighted by molar-refractivity contribution is -0.163. The maximum absolute atomic E-state index is 12.8. The van der Waals surface area contributed by atoms with Gasteiger partial charge in [0.1, 0.15) is 6.61 Å². The molecule has 0 aromatic carbocycles. The molecule has 5 nitrogen and oxygen atoms in total. The van der Waals surface area contributed by atoms with Crippen LogP contribution in [0.2, 0.25) is 0 Å². The van der Waals surface area contributed by atoms with Crippen LogP contribution in [0, 0.1) is 0 Å². The van der Waals surface area contributed by atoms with Crippen molar-refractivity contribution in [1.29, 1.82) is 0 Å². The van der Waals surface area contributed by atoms with E-state index in [4.69, 9.17) is 14.2 Å². The number of carbonyl (C=O) groups excluding carboxylic acids is 2. The first-order chi connectivity index (χ1) is 31.6. The molecule has 0 saturated heterocycles. The van der Waals surface area contributed by atoms with Crippen molar-refractivity contribution < 1.29 is 23.8 Å². The third-order valence-corrected chi connectivity index (χ3v) is 13.0. The first-order valence-corrected chi connectivity index (χ1v) is 28.9. The number of allylic oxidation sites excluding steroid dienone is 4. The summed E-state index contributed by atoms with van der Waals surface area (Å²) in [4.78, 5) is 25.5. The summed E-state index contributed by atoms with van der Waals surface area (Å²) < 4.78 is 17.5. The molecule has 0 aliphatic rings. The van der Waals surface area contributed by atoms with E-state index in [-0.39, 0.29) is 18.5 Å². The van der Waals surface area contributed by atoms with Gasteiger partial charge in [-0.1, -0.05) is 276 Å². The van der Waals surface area contributed by atoms with Gasteiger partial charge in [-0.25, -0.2) is 0 Å². The Hall–Kier alpha value is -1.62. The quantitative estimate of drug-likeness (QED) is 0.0346. The second-order valence-electron chi connectivity index (χ2n) is 19.6. The highest BCUT2D eigenvalue weighted by molar-refractivity contribution is 5.70. The van der Waals surface area contributed by atoms with Gasteiger partial charge in [0.2, 0.25) is 0 Å². The van der Waals surface area contributed by atoms with Crippen LogP contribution in [0.25, 0.3) is 0 Å². The maximum atomic E-state index is 12.8. The van der Waals surface area contributed by atoms with E-state index in [0.29, 0.717) is 26.1 Å². The molecule has 0 bridgehead atoms. The number of rotatable bonds is 54. The normalized spacial score (nSPS) is 12.2. The summed E-state index contributed by atoms with van der Waals surface area (Å²) in [5.74, 6) is -0.391. The average Bonchev–Trinajstić information content (AvgIpc) is 3.30. The number of ether oxygens (including phenoxy) is 3. The summed E-state index contributed by atoms with van der Waals surface area (Å²) >= 11 is 0. The summed E-state index contributed by atoms with van der Waals surface area (Å²) in [6.07, 6.45) is 66.3. The summed E-state index contributed by atoms with van der Waals surface area (Å²) in [5.41, 5.74) is 0. The zero-order valence-electron chi connectivity index (χ0n) is 43.6. The molecule has 0 spiro atoms. The van der Waals surface area contributed by atoms with Gasteiger partial charge in [0.05, 0.1) is 6.61 Å². The molecule has 0 amide bonds. The lowest BCUT2D eigenvalue weighted by atomic mass is 10.0. The van der Waals surface area contributed by atoms with Gasteiger partial charge in [-0.05, 0) is 51.4 Å². The Morgan fingerprint density at radius 2 is 0.656 bits per heavy atom. The first-order valence-electron chi connectivity index (χ1n) is 28.9. The molecule has 0 aliphatic carbocycles. The zero-order chi connectivity index (χ0) is 46.3. The molecular formula is C59H112O5. The molecule has 0 aliphatic heterocycles. The topological polar surface area (TPSA) is 61.8 Å². The maximum Gasteiger partial charge on any atom is 0.306 e. The van der Waals surface area contributed by atoms with Gasteiger partial charge in [0.25, 0.3) is 0 Å². The van der Waals surface area contributed by atoms with Crippen molar-refractivity contribution in [1.82, 2.24) is 0 Å². The smallest absolute Gasteiger partial charge is 0.306 e. The van der Waals surface area contributed by atoms with Gasteiger partial charge in [0.15, 0.2) is 6.10 Å². The highest BCUT2D eigenvalue weighted by Crippen LogP contribution is 2.17. The van der Waals surface area contributed by atoms with Gasteiger partial charge >= 0.3 is 11.9 Å². The highest BCUT2D eigenvalue weighted by Gasteiger charge is 2.17. The standard InChI is InChI=1S/C59H112O5/c1-4-7-10-13-16-19-22-25-27-28-29-30-31-33-36-39-42-45-48-51-54-62-55-57(64-59(61)53-50-47-44-41-38-34-24-21-18-15-12-9-6-3)56-63-58(60)52-49-46-43-40-37-35-32-26-23-20-17-14-11-8-5-2/h17,20,26,32,57H,4-16,18-19,21-25,27-31,33-56H2,1-3H3/b20-17-,32-26-. The Bertz CT molecular complexity index is 974. The minimum absolute atomic E-state index is 0.0860. The Morgan fingerprint density at radius 3 is 1.06 bits per heavy atom. The average molecular weight is 902 g/mol. The van der Waals surface area contributed by atoms with E-state index in [1.165, 1.54) is 231 Å². The molecule has 0 fully saturated rings. The molecule has 378 valence electrons. The summed E-state index contributed by atoms with van der Waals surface area (Å²) in [5, 5.41) is 0. The third kappa shape index (κ3) is 53.0. The van der Waals surface area contributed by atoms with Crippen LogP contribution in [-0.2, 0) is 23.8 Å². The number of carbonyl (C=O) groups is 2. The minimum atomic E-state index is -0.534. The third-order valence-electron chi connectivity index (χ3n) is 13.0. The molecule has 0 aromatic rings. The second kappa shape index (κ2) is 55.7. The Balaban J connectivity index is 4.19. The van der Waals surface area contributed by atoms with Crippen molar-refractivity contribution in [3.63, 3.8) is 0 Å². The van der Waals surface area contributed by atoms with Crippen LogP contribution in [0.4, 0.5) is 0 Å². The van der Waals surface area contributed by atoms with Crippen molar-refractivity contribution in [3.05, 3.63) is 24.3 Å². The van der Waals surface area contributed by atoms with Crippen LogP contribution >= 0.6 is 0 Å². The van der Waals surface area contributed by atoms with Crippen molar-refractivity contribution in [3.8, 4) is 0 Å². The summed E-state index contributed by atoms with van der Waals surface area (Å²) in [6.45, 7) is 7.86. The van der Waals surface area contributed by atoms with E-state index in [0.717, 1.165) is 51.4 Å². The lowest BCUT2D eigenvalue weighted by Gasteiger charge is -2.18. The van der Waals surface area contributed by atoms with Crippen molar-refractivity contribution in [2.24, 2.45) is 0 Å². The molecule has 0 heterocycles. The molecule has 0 radical (unpaired) electrons. The van der Waals surface area contributed by atoms with E-state index in [9.17, 15) is 9.59 Å². The molecule has 1 atom stereocenters. The molecule has 64 heavy (non-hydrogen) atoms. The predicted octanol–water partition coefficient (Wildman–Crippen LogP) is 19.6. The van der Waals surface area contributed by atoms with Crippen LogP contribution in [0.15, 0.2) is 24.3 Å². The number of esters is 2. The van der Waals surface area contributed by atoms with E-state index >= 15 is 0 Å². The largest absolute Gasteiger partial charge is 0.462 e. The Kier molecular flexibility index (Phi) is 54.3. The van der Waals surface area contributed by atoms with Gasteiger partial charge in [-0.15, -0.1) is 0 Å². The Labute approximate surface area is 400 Å². The monoisotopic (exact) mass is 901 g/mol. The van der Waals surface area contributed by atoms with Gasteiger partial charge in [0, 0.05) is 19.4 Å². The van der Waals surface area contributed by atoms with Crippen LogP contribution in [-0.4, -0.2) is 37.9 Å². The fraction of sp³-hybridized carbons (Fsp3) is 0.898. The highest BCUT2D eigenvalue weighted by atomic mass is 16.6. The van der Waals surface area contributed by atoms with Crippen LogP contribution < -0.4 is 0 Å². The number of hydrogen-bond donors (Lipinski definition) is 0. The number of unbranched alkanes of at least 4 members (excludes halogenated alkanes) is 39. The first kappa shape index (κ1) is 62.4. The van der Waals surface area contributed by atoms with E-state index in [1.807, 2.05) is 0 Å². The molecule has 0 rings (SSSR count). The van der Waals surface area contributed by atoms with Crippen LogP contribution in [0.1, 0.15) is 316 Å². The lowest BCUT2D eigenvalue weighted by Crippen LogP contribution is -2.30. The van der Waals surface area contributed by atoms with Crippen LogP contribution in [0.5, 0.6) is 0 Å². The molecule has 5 heteroatoms. The zero-order valence-corrected chi connectivity index (χ0v) is 43.6. The Morgan fingerprint density at radius 1 is 0.344 bits per heavy atom. The van der Waals surface area contributed by atoms with Gasteiger partial charge < -0.3 is 14.2 Å². The molecule has 0 N–H and O–H groups in total. The molecule has 0 saturated carbocycles. The number of hydrogen-bond acceptors (Lipinski definition) is 5.